The van der Waals surface area contributed by atoms with Crippen molar-refractivity contribution in [2.24, 2.45) is 23.4 Å². The standard InChI is InChI=1S/C24H38N2O4/c1-14(2)9-17-13-26-8-7-16-10-21(28-5)22(29-6)11-18(16)19(26)12-20(17)30-24(27)23(25)15(3)4/h10-11,14-15,17,19-20,23H,7-9,12-13,25H2,1-6H3/t17?,19?,20?,23-/m0/s1/i3D3,4D3,5D3,6D3,12D2,13D2,15D,17D,19D,23D. The van der Waals surface area contributed by atoms with E-state index in [9.17, 15) is 10.3 Å². The van der Waals surface area contributed by atoms with Crippen LogP contribution < -0.4 is 15.2 Å². The van der Waals surface area contributed by atoms with Crippen molar-refractivity contribution in [3.05, 3.63) is 23.3 Å². The topological polar surface area (TPSA) is 74.0 Å². The number of fused-ring (bicyclic) bond motifs is 3. The lowest BCUT2D eigenvalue weighted by molar-refractivity contribution is -0.160. The molecule has 3 unspecified atom stereocenters. The summed E-state index contributed by atoms with van der Waals surface area (Å²) >= 11 is 0. The Bertz CT molecular complexity index is 1460. The summed E-state index contributed by atoms with van der Waals surface area (Å²) in [6.45, 7) is -8.54. The number of carbonyl (C=O) groups is 1. The van der Waals surface area contributed by atoms with Crippen LogP contribution in [-0.4, -0.2) is 50.1 Å². The second kappa shape index (κ2) is 9.56. The van der Waals surface area contributed by atoms with E-state index in [4.69, 9.17) is 41.9 Å². The summed E-state index contributed by atoms with van der Waals surface area (Å²) in [7, 11) is -6.39. The predicted octanol–water partition coefficient (Wildman–Crippen LogP) is 3.56. The number of carbonyl (C=O) groups excluding carboxylic acids is 1. The van der Waals surface area contributed by atoms with E-state index >= 15 is 0 Å². The average Bonchev–Trinajstić information content (AvgIpc) is 2.87. The van der Waals surface area contributed by atoms with E-state index in [2.05, 4.69) is 0 Å². The quantitative estimate of drug-likeness (QED) is 0.656. The van der Waals surface area contributed by atoms with Crippen LogP contribution in [0.15, 0.2) is 12.1 Å². The maximum absolute atomic E-state index is 13.7. The SMILES string of the molecule is [2H]C([2H])([2H])Oc1cc2c(cc1OC([2H])([2H])[2H])C1([2H])N(CC2)C([2H])([2H])C([2H])(CC(C)C)C(OC(=O)[C@@]([2H])(N)C([2H])(C([2H])([2H])[2H])C([2H])([2H])[2H])C1([2H])[2H]. The van der Waals surface area contributed by atoms with Crippen molar-refractivity contribution in [1.29, 1.82) is 0 Å². The summed E-state index contributed by atoms with van der Waals surface area (Å²) in [5, 5.41) is 0. The van der Waals surface area contributed by atoms with Gasteiger partial charge in [-0.25, -0.2) is 0 Å². The molecule has 30 heavy (non-hydrogen) atoms. The molecule has 6 nitrogen and oxygen atoms in total. The van der Waals surface area contributed by atoms with Crippen LogP contribution in [-0.2, 0) is 16.0 Å². The molecule has 168 valence electrons. The third kappa shape index (κ3) is 4.75. The van der Waals surface area contributed by atoms with E-state index in [1.54, 1.807) is 0 Å². The summed E-state index contributed by atoms with van der Waals surface area (Å²) in [5.41, 5.74) is 5.11. The molecule has 0 aromatic heterocycles. The van der Waals surface area contributed by atoms with E-state index in [-0.39, 0.29) is 12.0 Å². The molecule has 2 N–H and O–H groups in total. The zero-order valence-electron chi connectivity index (χ0n) is 36.6. The number of piperidine rings is 1. The highest BCUT2D eigenvalue weighted by molar-refractivity contribution is 5.76. The van der Waals surface area contributed by atoms with Gasteiger partial charge in [0.05, 0.1) is 25.0 Å². The zero-order chi connectivity index (χ0) is 39.3. The van der Waals surface area contributed by atoms with Crippen molar-refractivity contribution >= 4 is 5.97 Å². The minimum absolute atomic E-state index is 0.0527. The first-order valence-electron chi connectivity index (χ1n) is 19.3. The van der Waals surface area contributed by atoms with E-state index in [0.29, 0.717) is 4.90 Å². The van der Waals surface area contributed by atoms with Crippen LogP contribution in [0.4, 0.5) is 0 Å². The molecule has 0 amide bonds. The summed E-state index contributed by atoms with van der Waals surface area (Å²) in [4.78, 5) is 14.3. The van der Waals surface area contributed by atoms with Crippen molar-refractivity contribution in [1.82, 2.24) is 4.90 Å². The third-order valence-electron chi connectivity index (χ3n) is 4.72. The van der Waals surface area contributed by atoms with Crippen molar-refractivity contribution in [3.63, 3.8) is 0 Å². The lowest BCUT2D eigenvalue weighted by atomic mass is 9.79. The van der Waals surface area contributed by atoms with E-state index in [0.717, 1.165) is 12.1 Å². The number of rotatable bonds is 7. The number of methoxy groups -OCH3 is 2. The molecular weight excluding hydrogens is 380 g/mol. The minimum Gasteiger partial charge on any atom is -0.493 e. The van der Waals surface area contributed by atoms with Crippen LogP contribution in [0.1, 0.15) is 84.9 Å². The molecule has 0 aliphatic carbocycles. The van der Waals surface area contributed by atoms with Gasteiger partial charge in [-0.3, -0.25) is 9.69 Å². The molecule has 0 saturated carbocycles. The van der Waals surface area contributed by atoms with E-state index in [1.165, 1.54) is 13.8 Å². The molecule has 2 heterocycles. The molecule has 6 heteroatoms. The number of hydrogen-bond donors (Lipinski definition) is 1. The number of hydrogen-bond acceptors (Lipinski definition) is 6. The first-order chi connectivity index (χ1) is 21.9. The number of nitrogens with zero attached hydrogens (tertiary/aromatic N) is 1. The summed E-state index contributed by atoms with van der Waals surface area (Å²) < 4.78 is 179. The monoisotopic (exact) mass is 438 g/mol. The van der Waals surface area contributed by atoms with Gasteiger partial charge >= 0.3 is 5.97 Å². The van der Waals surface area contributed by atoms with Gasteiger partial charge in [-0.2, -0.15) is 0 Å². The molecule has 0 bridgehead atoms. The molecule has 1 saturated heterocycles. The highest BCUT2D eigenvalue weighted by Crippen LogP contribution is 2.44. The van der Waals surface area contributed by atoms with E-state index < -0.39 is 112 Å². The van der Waals surface area contributed by atoms with Gasteiger partial charge in [-0.05, 0) is 47.9 Å². The van der Waals surface area contributed by atoms with Gasteiger partial charge in [0.1, 0.15) is 12.1 Å². The number of ether oxygens (including phenoxy) is 3. The molecule has 1 fully saturated rings. The van der Waals surface area contributed by atoms with Crippen LogP contribution in [0.2, 0.25) is 0 Å². The predicted molar refractivity (Wildman–Crippen MR) is 118 cm³/mol. The Balaban J connectivity index is 2.38. The third-order valence-corrected chi connectivity index (χ3v) is 4.72. The summed E-state index contributed by atoms with van der Waals surface area (Å²) in [6, 6.07) is -5.39. The van der Waals surface area contributed by atoms with E-state index in [1.807, 2.05) is 0 Å². The Labute approximate surface area is 209 Å². The lowest BCUT2D eigenvalue weighted by Crippen LogP contribution is -2.51. The van der Waals surface area contributed by atoms with Crippen LogP contribution in [0.5, 0.6) is 11.5 Å². The minimum atomic E-state index is -4.10. The highest BCUT2D eigenvalue weighted by Gasteiger charge is 2.41. The Morgan fingerprint density at radius 3 is 2.77 bits per heavy atom. The molecule has 2 aliphatic rings. The van der Waals surface area contributed by atoms with Crippen LogP contribution in [0, 0.1) is 17.7 Å². The van der Waals surface area contributed by atoms with Crippen molar-refractivity contribution in [3.8, 4) is 11.5 Å². The fourth-order valence-corrected chi connectivity index (χ4v) is 3.35. The van der Waals surface area contributed by atoms with Crippen LogP contribution >= 0.6 is 0 Å². The molecule has 1 aromatic rings. The molecule has 1 aromatic carbocycles. The fraction of sp³-hybridized carbons (Fsp3) is 0.708. The highest BCUT2D eigenvalue weighted by atomic mass is 16.5. The Morgan fingerprint density at radius 2 is 2.10 bits per heavy atom. The zero-order valence-corrected chi connectivity index (χ0v) is 16.6. The fourth-order valence-electron chi connectivity index (χ4n) is 3.35. The molecule has 0 spiro atoms. The molecule has 0 radical (unpaired) electrons. The summed E-state index contributed by atoms with van der Waals surface area (Å²) in [6.07, 6.45) is -7.09. The van der Waals surface area contributed by atoms with Gasteiger partial charge < -0.3 is 19.9 Å². The van der Waals surface area contributed by atoms with Crippen molar-refractivity contribution < 1.29 is 46.4 Å². The normalized spacial score (nSPS) is 46.1. The Hall–Kier alpha value is -1.79. The van der Waals surface area contributed by atoms with Gasteiger partial charge in [-0.15, -0.1) is 0 Å². The second-order valence-electron chi connectivity index (χ2n) is 7.36. The first-order valence-corrected chi connectivity index (χ1v) is 9.26. The Morgan fingerprint density at radius 1 is 1.37 bits per heavy atom. The second-order valence-corrected chi connectivity index (χ2v) is 7.36. The number of nitrogens with two attached hydrogens (primary N) is 1. The van der Waals surface area contributed by atoms with Crippen molar-refractivity contribution in [2.45, 2.75) is 64.9 Å². The van der Waals surface area contributed by atoms with Gasteiger partial charge in [-0.1, -0.05) is 27.6 Å². The number of esters is 1. The maximum Gasteiger partial charge on any atom is 0.323 e. The van der Waals surface area contributed by atoms with Gasteiger partial charge in [0.25, 0.3) is 0 Å². The molecular formula is C24H38N2O4. The molecule has 2 aliphatic heterocycles. The van der Waals surface area contributed by atoms with Gasteiger partial charge in [0.2, 0.25) is 0 Å². The summed E-state index contributed by atoms with van der Waals surface area (Å²) in [5.74, 6) is -11.4. The number of benzene rings is 1. The van der Waals surface area contributed by atoms with Crippen molar-refractivity contribution in [2.75, 3.05) is 27.1 Å². The maximum atomic E-state index is 13.7. The smallest absolute Gasteiger partial charge is 0.323 e. The van der Waals surface area contributed by atoms with Crippen LogP contribution in [0.25, 0.3) is 0 Å². The molecule has 4 atom stereocenters. The van der Waals surface area contributed by atoms with Crippen LogP contribution in [0.3, 0.4) is 0 Å². The molecule has 3 rings (SSSR count). The first kappa shape index (κ1) is 8.28. The van der Waals surface area contributed by atoms with Gasteiger partial charge in [0.15, 0.2) is 11.5 Å². The lowest BCUT2D eigenvalue weighted by Gasteiger charge is -2.47. The largest absolute Gasteiger partial charge is 0.493 e. The van der Waals surface area contributed by atoms with Gasteiger partial charge in [0, 0.05) is 47.8 Å². The Kier molecular flexibility index (Phi) is 2.64. The average molecular weight is 439 g/mol.